The van der Waals surface area contributed by atoms with Crippen molar-refractivity contribution in [1.82, 2.24) is 4.98 Å². The topological polar surface area (TPSA) is 54.0 Å². The van der Waals surface area contributed by atoms with Crippen LogP contribution >= 0.6 is 0 Å². The Morgan fingerprint density at radius 3 is 2.65 bits per heavy atom. The summed E-state index contributed by atoms with van der Waals surface area (Å²) in [5.74, 6) is -0.138. The van der Waals surface area contributed by atoms with Gasteiger partial charge in [-0.2, -0.15) is 0 Å². The Hall–Kier alpha value is -2.36. The van der Waals surface area contributed by atoms with E-state index in [9.17, 15) is 4.79 Å². The lowest BCUT2D eigenvalue weighted by molar-refractivity contribution is 0.102. The third kappa shape index (κ3) is 3.57. The number of benzene rings is 1. The van der Waals surface area contributed by atoms with Gasteiger partial charge in [-0.3, -0.25) is 9.78 Å². The Balaban J connectivity index is 2.21. The SMILES string of the molecule is Cc1cncc(NC(=O)c2ccccc2NC(C)C)c1. The van der Waals surface area contributed by atoms with Crippen LogP contribution in [0.2, 0.25) is 0 Å². The van der Waals surface area contributed by atoms with Gasteiger partial charge in [-0.1, -0.05) is 12.1 Å². The molecule has 0 fully saturated rings. The van der Waals surface area contributed by atoms with Gasteiger partial charge in [-0.15, -0.1) is 0 Å². The normalized spacial score (nSPS) is 10.4. The molecule has 20 heavy (non-hydrogen) atoms. The van der Waals surface area contributed by atoms with Crippen LogP contribution in [-0.2, 0) is 0 Å². The predicted octanol–water partition coefficient (Wildman–Crippen LogP) is 3.46. The van der Waals surface area contributed by atoms with Crippen molar-refractivity contribution in [2.24, 2.45) is 0 Å². The van der Waals surface area contributed by atoms with Gasteiger partial charge in [-0.05, 0) is 44.5 Å². The maximum atomic E-state index is 12.3. The number of pyridine rings is 1. The van der Waals surface area contributed by atoms with Crippen LogP contribution in [-0.4, -0.2) is 16.9 Å². The summed E-state index contributed by atoms with van der Waals surface area (Å²) in [6.45, 7) is 6.02. The first-order valence-electron chi connectivity index (χ1n) is 6.65. The van der Waals surface area contributed by atoms with Gasteiger partial charge in [0.05, 0.1) is 17.4 Å². The second-order valence-corrected chi connectivity index (χ2v) is 5.05. The number of aryl methyl sites for hydroxylation is 1. The lowest BCUT2D eigenvalue weighted by Crippen LogP contribution is -2.17. The molecule has 1 heterocycles. The van der Waals surface area contributed by atoms with Gasteiger partial charge >= 0.3 is 0 Å². The minimum absolute atomic E-state index is 0.138. The monoisotopic (exact) mass is 269 g/mol. The van der Waals surface area contributed by atoms with E-state index in [2.05, 4.69) is 15.6 Å². The quantitative estimate of drug-likeness (QED) is 0.893. The van der Waals surface area contributed by atoms with Gasteiger partial charge in [0.25, 0.3) is 5.91 Å². The number of carbonyl (C=O) groups is 1. The first kappa shape index (κ1) is 14.1. The first-order chi connectivity index (χ1) is 9.56. The summed E-state index contributed by atoms with van der Waals surface area (Å²) in [7, 11) is 0. The molecule has 0 radical (unpaired) electrons. The van der Waals surface area contributed by atoms with Gasteiger partial charge in [0.1, 0.15) is 0 Å². The Morgan fingerprint density at radius 1 is 1.20 bits per heavy atom. The summed E-state index contributed by atoms with van der Waals surface area (Å²) in [5, 5.41) is 6.15. The molecule has 104 valence electrons. The lowest BCUT2D eigenvalue weighted by Gasteiger charge is -2.14. The van der Waals surface area contributed by atoms with Crippen molar-refractivity contribution in [2.45, 2.75) is 26.8 Å². The van der Waals surface area contributed by atoms with Crippen molar-refractivity contribution in [3.05, 3.63) is 53.9 Å². The van der Waals surface area contributed by atoms with E-state index >= 15 is 0 Å². The Bertz CT molecular complexity index is 608. The van der Waals surface area contributed by atoms with E-state index in [1.54, 1.807) is 12.4 Å². The molecule has 0 bridgehead atoms. The molecule has 0 aliphatic heterocycles. The Morgan fingerprint density at radius 2 is 1.95 bits per heavy atom. The molecule has 0 aliphatic carbocycles. The number of para-hydroxylation sites is 1. The molecule has 1 amide bonds. The van der Waals surface area contributed by atoms with Crippen LogP contribution in [0, 0.1) is 6.92 Å². The predicted molar refractivity (Wildman–Crippen MR) is 82.1 cm³/mol. The number of hydrogen-bond acceptors (Lipinski definition) is 3. The van der Waals surface area contributed by atoms with Crippen molar-refractivity contribution in [3.8, 4) is 0 Å². The smallest absolute Gasteiger partial charge is 0.257 e. The fraction of sp³-hybridized carbons (Fsp3) is 0.250. The number of carbonyl (C=O) groups excluding carboxylic acids is 1. The maximum Gasteiger partial charge on any atom is 0.257 e. The molecule has 0 saturated carbocycles. The second kappa shape index (κ2) is 6.19. The van der Waals surface area contributed by atoms with Crippen LogP contribution in [0.1, 0.15) is 29.8 Å². The average molecular weight is 269 g/mol. The van der Waals surface area contributed by atoms with Gasteiger partial charge < -0.3 is 10.6 Å². The van der Waals surface area contributed by atoms with Crippen LogP contribution in [0.4, 0.5) is 11.4 Å². The molecule has 0 atom stereocenters. The van der Waals surface area contributed by atoms with Crippen molar-refractivity contribution in [2.75, 3.05) is 10.6 Å². The fourth-order valence-electron chi connectivity index (χ4n) is 1.94. The lowest BCUT2D eigenvalue weighted by atomic mass is 10.1. The van der Waals surface area contributed by atoms with Crippen molar-refractivity contribution >= 4 is 17.3 Å². The van der Waals surface area contributed by atoms with E-state index < -0.39 is 0 Å². The summed E-state index contributed by atoms with van der Waals surface area (Å²) in [4.78, 5) is 16.4. The maximum absolute atomic E-state index is 12.3. The number of amides is 1. The average Bonchev–Trinajstić information content (AvgIpc) is 2.38. The van der Waals surface area contributed by atoms with Crippen molar-refractivity contribution < 1.29 is 4.79 Å². The van der Waals surface area contributed by atoms with Crippen molar-refractivity contribution in [3.63, 3.8) is 0 Å². The zero-order valence-corrected chi connectivity index (χ0v) is 12.0. The molecular weight excluding hydrogens is 250 g/mol. The van der Waals surface area contributed by atoms with Crippen LogP contribution in [0.5, 0.6) is 0 Å². The Labute approximate surface area is 119 Å². The van der Waals surface area contributed by atoms with Gasteiger partial charge in [0, 0.05) is 17.9 Å². The van der Waals surface area contributed by atoms with Gasteiger partial charge in [-0.25, -0.2) is 0 Å². The van der Waals surface area contributed by atoms with E-state index in [0.717, 1.165) is 11.3 Å². The number of hydrogen-bond donors (Lipinski definition) is 2. The van der Waals surface area contributed by atoms with E-state index in [-0.39, 0.29) is 11.9 Å². The van der Waals surface area contributed by atoms with Crippen LogP contribution in [0.3, 0.4) is 0 Å². The fourth-order valence-corrected chi connectivity index (χ4v) is 1.94. The highest BCUT2D eigenvalue weighted by molar-refractivity contribution is 6.08. The molecule has 0 aliphatic rings. The highest BCUT2D eigenvalue weighted by Gasteiger charge is 2.11. The molecule has 0 unspecified atom stereocenters. The zero-order chi connectivity index (χ0) is 14.5. The third-order valence-electron chi connectivity index (χ3n) is 2.75. The third-order valence-corrected chi connectivity index (χ3v) is 2.75. The molecule has 2 rings (SSSR count). The van der Waals surface area contributed by atoms with Crippen LogP contribution < -0.4 is 10.6 Å². The molecule has 4 heteroatoms. The molecule has 1 aromatic heterocycles. The Kier molecular flexibility index (Phi) is 4.35. The number of nitrogens with one attached hydrogen (secondary N) is 2. The second-order valence-electron chi connectivity index (χ2n) is 5.05. The summed E-state index contributed by atoms with van der Waals surface area (Å²) in [6.07, 6.45) is 3.40. The summed E-state index contributed by atoms with van der Waals surface area (Å²) >= 11 is 0. The highest BCUT2D eigenvalue weighted by atomic mass is 16.1. The molecular formula is C16H19N3O. The first-order valence-corrected chi connectivity index (χ1v) is 6.65. The van der Waals surface area contributed by atoms with E-state index in [0.29, 0.717) is 11.3 Å². The van der Waals surface area contributed by atoms with E-state index in [1.807, 2.05) is 51.1 Å². The summed E-state index contributed by atoms with van der Waals surface area (Å²) in [5.41, 5.74) is 3.18. The minimum atomic E-state index is -0.138. The number of anilines is 2. The number of rotatable bonds is 4. The molecule has 0 spiro atoms. The van der Waals surface area contributed by atoms with Gasteiger partial charge in [0.15, 0.2) is 0 Å². The van der Waals surface area contributed by atoms with Gasteiger partial charge in [0.2, 0.25) is 0 Å². The standard InChI is InChI=1S/C16H19N3O/c1-11(2)18-15-7-5-4-6-14(15)16(20)19-13-8-12(3)9-17-10-13/h4-11,18H,1-3H3,(H,19,20). The minimum Gasteiger partial charge on any atom is -0.382 e. The zero-order valence-electron chi connectivity index (χ0n) is 12.0. The summed E-state index contributed by atoms with van der Waals surface area (Å²) < 4.78 is 0. The van der Waals surface area contributed by atoms with Crippen molar-refractivity contribution in [1.29, 1.82) is 0 Å². The molecule has 4 nitrogen and oxygen atoms in total. The summed E-state index contributed by atoms with van der Waals surface area (Å²) in [6, 6.07) is 9.64. The van der Waals surface area contributed by atoms with E-state index in [1.165, 1.54) is 0 Å². The molecule has 2 N–H and O–H groups in total. The molecule has 2 aromatic rings. The molecule has 1 aromatic carbocycles. The van der Waals surface area contributed by atoms with Crippen LogP contribution in [0.25, 0.3) is 0 Å². The largest absolute Gasteiger partial charge is 0.382 e. The van der Waals surface area contributed by atoms with Crippen LogP contribution in [0.15, 0.2) is 42.7 Å². The van der Waals surface area contributed by atoms with E-state index in [4.69, 9.17) is 0 Å². The highest BCUT2D eigenvalue weighted by Crippen LogP contribution is 2.18. The molecule has 0 saturated heterocycles. The number of nitrogens with zero attached hydrogens (tertiary/aromatic N) is 1. The number of aromatic nitrogens is 1.